The molecule has 538 valence electrons. The second-order valence-electron chi connectivity index (χ2n) is 29.9. The summed E-state index contributed by atoms with van der Waals surface area (Å²) in [6.07, 6.45) is 0. The molecule has 2 aliphatic heterocycles. The molecule has 0 bridgehead atoms. The van der Waals surface area contributed by atoms with Gasteiger partial charge < -0.3 is 9.47 Å². The largest absolute Gasteiger partial charge is 0.455 e. The van der Waals surface area contributed by atoms with Crippen molar-refractivity contribution >= 4 is 0 Å². The zero-order valence-electron chi connectivity index (χ0n) is 62.5. The second kappa shape index (κ2) is 27.0. The number of nitrogens with zero attached hydrogens (tertiary/aromatic N) is 6. The van der Waals surface area contributed by atoms with Crippen molar-refractivity contribution in [2.45, 2.75) is 10.8 Å². The third kappa shape index (κ3) is 10.5. The van der Waals surface area contributed by atoms with Crippen molar-refractivity contribution in [2.24, 2.45) is 0 Å². The summed E-state index contributed by atoms with van der Waals surface area (Å²) in [7, 11) is 0. The van der Waals surface area contributed by atoms with Crippen LogP contribution in [0.1, 0.15) is 55.6 Å². The third-order valence-electron chi connectivity index (χ3n) is 23.8. The van der Waals surface area contributed by atoms with Gasteiger partial charge in [0.15, 0.2) is 11.6 Å². The van der Waals surface area contributed by atoms with Crippen LogP contribution in [0.2, 0.25) is 0 Å². The highest BCUT2D eigenvalue weighted by molar-refractivity contribution is 5.99. The van der Waals surface area contributed by atoms with E-state index in [0.717, 1.165) is 167 Å². The predicted molar refractivity (Wildman–Crippen MR) is 462 cm³/mol. The number of nitriles is 2. The fourth-order valence-electron chi connectivity index (χ4n) is 18.6. The number of ether oxygens (including phenoxy) is 2. The van der Waals surface area contributed by atoms with E-state index in [9.17, 15) is 10.5 Å². The Hall–Kier alpha value is -15.7. The van der Waals surface area contributed by atoms with E-state index in [-0.39, 0.29) is 0 Å². The number of hydrogen-bond donors (Lipinski definition) is 0. The van der Waals surface area contributed by atoms with Crippen molar-refractivity contribution in [3.8, 4) is 181 Å². The summed E-state index contributed by atoms with van der Waals surface area (Å²) in [5.41, 5.74) is 31.6. The van der Waals surface area contributed by atoms with Crippen LogP contribution in [-0.4, -0.2) is 19.9 Å². The molecule has 1 atom stereocenters. The summed E-state index contributed by atoms with van der Waals surface area (Å²) < 4.78 is 14.4. The molecule has 2 aromatic heterocycles. The Labute approximate surface area is 671 Å². The van der Waals surface area contributed by atoms with E-state index in [2.05, 4.69) is 322 Å². The number of hydrogen-bond acceptors (Lipinski definition) is 8. The molecule has 0 fully saturated rings. The van der Waals surface area contributed by atoms with Crippen LogP contribution in [0, 0.1) is 22.7 Å². The molecule has 22 rings (SSSR count). The van der Waals surface area contributed by atoms with Crippen LogP contribution in [0.3, 0.4) is 0 Å². The summed E-state index contributed by atoms with van der Waals surface area (Å²) in [6.45, 7) is 0. The summed E-state index contributed by atoms with van der Waals surface area (Å²) in [4.78, 5) is 20.9. The van der Waals surface area contributed by atoms with Gasteiger partial charge in [0, 0.05) is 66.8 Å². The molecule has 4 heterocycles. The van der Waals surface area contributed by atoms with Gasteiger partial charge in [0.25, 0.3) is 0 Å². The first-order valence-corrected chi connectivity index (χ1v) is 39.0. The fourth-order valence-corrected chi connectivity index (χ4v) is 18.6. The third-order valence-corrected chi connectivity index (χ3v) is 23.8. The van der Waals surface area contributed by atoms with Gasteiger partial charge in [0.2, 0.25) is 0 Å². The van der Waals surface area contributed by atoms with E-state index in [1.807, 2.05) is 78.9 Å². The molecule has 0 N–H and O–H groups in total. The van der Waals surface area contributed by atoms with E-state index in [0.29, 0.717) is 45.8 Å². The van der Waals surface area contributed by atoms with Crippen LogP contribution in [-0.2, 0) is 10.8 Å². The first-order valence-electron chi connectivity index (χ1n) is 39.0. The Balaban J connectivity index is 0.588. The monoisotopic (exact) mass is 1480 g/mol. The highest BCUT2D eigenvalue weighted by atomic mass is 16.5. The number of aromatic nitrogens is 4. The topological polar surface area (TPSA) is 118 Å². The maximum atomic E-state index is 11.0. The van der Waals surface area contributed by atoms with Gasteiger partial charge in [-0.3, -0.25) is 0 Å². The van der Waals surface area contributed by atoms with Crippen molar-refractivity contribution in [1.29, 1.82) is 10.5 Å². The van der Waals surface area contributed by atoms with Crippen LogP contribution in [0.4, 0.5) is 0 Å². The van der Waals surface area contributed by atoms with Crippen LogP contribution in [0.15, 0.2) is 388 Å². The molecule has 2 aliphatic carbocycles. The van der Waals surface area contributed by atoms with Crippen LogP contribution < -0.4 is 9.47 Å². The van der Waals surface area contributed by atoms with Crippen LogP contribution in [0.25, 0.3) is 146 Å². The molecular weight excluding hydrogens is 1410 g/mol. The van der Waals surface area contributed by atoms with Crippen molar-refractivity contribution in [2.75, 3.05) is 0 Å². The highest BCUT2D eigenvalue weighted by Crippen LogP contribution is 2.67. The van der Waals surface area contributed by atoms with Crippen molar-refractivity contribution in [3.63, 3.8) is 0 Å². The minimum Gasteiger partial charge on any atom is -0.455 e. The van der Waals surface area contributed by atoms with Crippen LogP contribution >= 0.6 is 0 Å². The standard InChI is InChI=1S/C108H64N6O2/c109-65-80-33-18-45-92-101(80)116-104-84(40-22-47-94(104)107(92)88-41-13-10-35-85(88)86-36-11-14-42-89(86)107)77-30-17-32-79(62-77)106-112-96(72-23-4-1-5-24-72)63-98(113-106)74-59-53-68(54-60-74)67-49-55-70(56-50-67)82-38-20-44-91-100(82)87-37-12-15-43-90(87)108(91)93-46-19-34-81(66-110)102(93)115-103-83(39-21-48-95(103)108)71-57-51-69(52-58-71)76-29-16-31-78(61-76)99-64-97(73-25-6-2-7-26-73)111-105(114-99)75-27-8-3-9-28-75/h1-64H. The molecule has 16 aromatic carbocycles. The summed E-state index contributed by atoms with van der Waals surface area (Å²) in [5, 5.41) is 21.7. The van der Waals surface area contributed by atoms with Crippen molar-refractivity contribution in [1.82, 2.24) is 19.9 Å². The predicted octanol–water partition coefficient (Wildman–Crippen LogP) is 26.3. The Morgan fingerprint density at radius 2 is 0.500 bits per heavy atom. The molecule has 18 aromatic rings. The van der Waals surface area contributed by atoms with E-state index < -0.39 is 10.8 Å². The molecule has 1 unspecified atom stereocenters. The Morgan fingerprint density at radius 1 is 0.198 bits per heavy atom. The first-order chi connectivity index (χ1) is 57.4. The highest BCUT2D eigenvalue weighted by Gasteiger charge is 2.54. The zero-order valence-corrected chi connectivity index (χ0v) is 62.5. The average Bonchev–Trinajstić information content (AvgIpc) is 1.46. The maximum absolute atomic E-state index is 11.0. The van der Waals surface area contributed by atoms with E-state index in [1.165, 1.54) is 11.1 Å². The molecule has 2 spiro atoms. The lowest BCUT2D eigenvalue weighted by Crippen LogP contribution is -2.32. The molecular formula is C108H64N6O2. The quantitative estimate of drug-likeness (QED) is 0.126. The molecule has 0 amide bonds. The molecule has 8 nitrogen and oxygen atoms in total. The Morgan fingerprint density at radius 3 is 1.02 bits per heavy atom. The van der Waals surface area contributed by atoms with Crippen LogP contribution in [0.5, 0.6) is 23.0 Å². The van der Waals surface area contributed by atoms with E-state index >= 15 is 0 Å². The summed E-state index contributed by atoms with van der Waals surface area (Å²) in [5.74, 6) is 3.81. The lowest BCUT2D eigenvalue weighted by Gasteiger charge is -2.40. The SMILES string of the molecule is N#Cc1cccc2c1Oc1c(-c3cccc(-c4nc(-c5ccccc5)cc(-c5ccc(-c6ccc(-c7cccc8c7-c7ccccc7C87c8cccc(C#N)c8Oc8c(-c9ccc(-c%10cccc(-c%11cc(-c%12ccccc%12)nc(-c%12ccccc%12)n%11)c%10)cc9)cccc87)cc6)cc5)n4)c3)cccc1C21c2ccccc2-c2ccccc21. The fraction of sp³-hybridized carbons (Fsp3) is 0.0185. The van der Waals surface area contributed by atoms with E-state index in [4.69, 9.17) is 29.4 Å². The van der Waals surface area contributed by atoms with Crippen molar-refractivity contribution < 1.29 is 9.47 Å². The second-order valence-corrected chi connectivity index (χ2v) is 29.9. The van der Waals surface area contributed by atoms with Gasteiger partial charge in [-0.25, -0.2) is 19.9 Å². The molecule has 116 heavy (non-hydrogen) atoms. The lowest BCUT2D eigenvalue weighted by atomic mass is 9.65. The van der Waals surface area contributed by atoms with E-state index in [1.54, 1.807) is 0 Å². The minimum atomic E-state index is -0.856. The molecule has 0 saturated heterocycles. The maximum Gasteiger partial charge on any atom is 0.160 e. The smallest absolute Gasteiger partial charge is 0.160 e. The Bertz CT molecular complexity index is 7050. The number of fused-ring (bicyclic) bond motifs is 18. The number of para-hydroxylation sites is 4. The van der Waals surface area contributed by atoms with Gasteiger partial charge in [-0.15, -0.1) is 0 Å². The molecule has 0 radical (unpaired) electrons. The zero-order chi connectivity index (χ0) is 77.0. The summed E-state index contributed by atoms with van der Waals surface area (Å²) >= 11 is 0. The first kappa shape index (κ1) is 67.2. The number of benzene rings is 16. The minimum absolute atomic E-state index is 0.471. The van der Waals surface area contributed by atoms with Gasteiger partial charge in [0.1, 0.15) is 35.1 Å². The lowest BCUT2D eigenvalue weighted by molar-refractivity contribution is 0.436. The van der Waals surface area contributed by atoms with Gasteiger partial charge in [-0.1, -0.05) is 352 Å². The molecule has 4 aliphatic rings. The molecule has 8 heteroatoms. The number of rotatable bonds is 11. The van der Waals surface area contributed by atoms with Gasteiger partial charge >= 0.3 is 0 Å². The van der Waals surface area contributed by atoms with Gasteiger partial charge in [-0.05, 0) is 125 Å². The van der Waals surface area contributed by atoms with Gasteiger partial charge in [-0.2, -0.15) is 10.5 Å². The summed E-state index contributed by atoms with van der Waals surface area (Å²) in [6, 6.07) is 141. The Kier molecular flexibility index (Phi) is 15.7. The normalized spacial score (nSPS) is 13.7. The molecule has 0 saturated carbocycles. The van der Waals surface area contributed by atoms with Gasteiger partial charge in [0.05, 0.1) is 44.7 Å². The van der Waals surface area contributed by atoms with Crippen molar-refractivity contribution in [3.05, 3.63) is 444 Å². The average molecular weight is 1480 g/mol.